The second kappa shape index (κ2) is 6.25. The third-order valence-corrected chi connectivity index (χ3v) is 4.35. The van der Waals surface area contributed by atoms with Gasteiger partial charge in [0.05, 0.1) is 18.3 Å². The molecule has 0 spiro atoms. The number of halogens is 1. The van der Waals surface area contributed by atoms with E-state index in [1.165, 1.54) is 12.8 Å². The van der Waals surface area contributed by atoms with Crippen molar-refractivity contribution < 1.29 is 5.11 Å². The topological polar surface area (TPSA) is 77.0 Å². The maximum absolute atomic E-state index is 10.3. The number of hydrogen-bond donors (Lipinski definition) is 2. The molecule has 0 bridgehead atoms. The summed E-state index contributed by atoms with van der Waals surface area (Å²) < 4.78 is 2.63. The highest BCUT2D eigenvalue weighted by atomic mass is 79.9. The molecule has 21 heavy (non-hydrogen) atoms. The number of rotatable bonds is 6. The number of hydrogen-bond acceptors (Lipinski definition) is 4. The first-order valence-corrected chi connectivity index (χ1v) is 7.99. The maximum Gasteiger partial charge on any atom is 0.0986 e. The molecular weight excluding hydrogens is 332 g/mol. The number of nitrogens with zero attached hydrogens (tertiary/aromatic N) is 3. The summed E-state index contributed by atoms with van der Waals surface area (Å²) in [6.07, 6.45) is 4.50. The Morgan fingerprint density at radius 1 is 1.43 bits per heavy atom. The zero-order valence-electron chi connectivity index (χ0n) is 11.7. The normalized spacial score (nSPS) is 17.7. The Bertz CT molecular complexity index is 611. The Labute approximate surface area is 132 Å². The van der Waals surface area contributed by atoms with Crippen LogP contribution >= 0.6 is 15.9 Å². The van der Waals surface area contributed by atoms with Gasteiger partial charge in [0.1, 0.15) is 0 Å². The molecule has 0 amide bonds. The van der Waals surface area contributed by atoms with Gasteiger partial charge in [0.25, 0.3) is 0 Å². The van der Waals surface area contributed by atoms with Crippen LogP contribution in [0.25, 0.3) is 0 Å². The predicted molar refractivity (Wildman–Crippen MR) is 83.5 cm³/mol. The summed E-state index contributed by atoms with van der Waals surface area (Å²) in [5.41, 5.74) is 7.85. The fourth-order valence-electron chi connectivity index (χ4n) is 2.45. The average Bonchev–Trinajstić information content (AvgIpc) is 3.22. The van der Waals surface area contributed by atoms with E-state index in [0.717, 1.165) is 22.2 Å². The third-order valence-electron chi connectivity index (χ3n) is 3.85. The Hall–Kier alpha value is -1.24. The predicted octanol–water partition coefficient (Wildman–Crippen LogP) is 2.05. The molecule has 1 aromatic heterocycles. The highest BCUT2D eigenvalue weighted by molar-refractivity contribution is 9.10. The van der Waals surface area contributed by atoms with Gasteiger partial charge >= 0.3 is 0 Å². The maximum atomic E-state index is 10.3. The zero-order valence-corrected chi connectivity index (χ0v) is 13.3. The lowest BCUT2D eigenvalue weighted by Crippen LogP contribution is -2.25. The molecule has 1 fully saturated rings. The quantitative estimate of drug-likeness (QED) is 0.835. The van der Waals surface area contributed by atoms with E-state index in [1.54, 1.807) is 4.68 Å². The molecule has 1 aliphatic carbocycles. The summed E-state index contributed by atoms with van der Waals surface area (Å²) in [7, 11) is 0. The largest absolute Gasteiger partial charge is 0.386 e. The lowest BCUT2D eigenvalue weighted by atomic mass is 10.1. The fraction of sp³-hybridized carbons (Fsp3) is 0.467. The van der Waals surface area contributed by atoms with Crippen LogP contribution in [0.15, 0.2) is 34.9 Å². The molecule has 2 atom stereocenters. The fourth-order valence-corrected chi connectivity index (χ4v) is 2.87. The molecule has 112 valence electrons. The van der Waals surface area contributed by atoms with Gasteiger partial charge in [0.15, 0.2) is 0 Å². The average molecular weight is 351 g/mol. The molecule has 6 heteroatoms. The van der Waals surface area contributed by atoms with Crippen LogP contribution in [0.5, 0.6) is 0 Å². The molecule has 1 aromatic carbocycles. The highest BCUT2D eigenvalue weighted by Gasteiger charge is 2.29. The molecule has 3 N–H and O–H groups in total. The van der Waals surface area contributed by atoms with Gasteiger partial charge in [-0.3, -0.25) is 0 Å². The van der Waals surface area contributed by atoms with Crippen molar-refractivity contribution in [3.8, 4) is 0 Å². The van der Waals surface area contributed by atoms with Gasteiger partial charge in [-0.1, -0.05) is 33.3 Å². The third kappa shape index (κ3) is 3.90. The SMILES string of the molecule is NC(Cc1cn(CC(O)c2cccc(Br)c2)nn1)C1CC1. The summed E-state index contributed by atoms with van der Waals surface area (Å²) >= 11 is 3.41. The summed E-state index contributed by atoms with van der Waals surface area (Å²) in [5.74, 6) is 0.655. The molecule has 0 aliphatic heterocycles. The van der Waals surface area contributed by atoms with Gasteiger partial charge in [-0.25, -0.2) is 4.68 Å². The van der Waals surface area contributed by atoms with Crippen molar-refractivity contribution in [2.75, 3.05) is 0 Å². The van der Waals surface area contributed by atoms with Crippen LogP contribution in [0.4, 0.5) is 0 Å². The Balaban J connectivity index is 1.61. The monoisotopic (exact) mass is 350 g/mol. The molecule has 0 radical (unpaired) electrons. The van der Waals surface area contributed by atoms with Gasteiger partial charge in [-0.15, -0.1) is 5.10 Å². The van der Waals surface area contributed by atoms with Crippen molar-refractivity contribution in [3.63, 3.8) is 0 Å². The summed E-state index contributed by atoms with van der Waals surface area (Å²) in [6, 6.07) is 7.83. The van der Waals surface area contributed by atoms with Crippen LogP contribution < -0.4 is 5.73 Å². The minimum atomic E-state index is -0.603. The summed E-state index contributed by atoms with van der Waals surface area (Å²) in [5, 5.41) is 18.5. The van der Waals surface area contributed by atoms with Crippen molar-refractivity contribution in [1.82, 2.24) is 15.0 Å². The van der Waals surface area contributed by atoms with Gasteiger partial charge in [0.2, 0.25) is 0 Å². The van der Waals surface area contributed by atoms with E-state index in [4.69, 9.17) is 5.73 Å². The Kier molecular flexibility index (Phi) is 4.37. The smallest absolute Gasteiger partial charge is 0.0986 e. The first-order chi connectivity index (χ1) is 10.1. The summed E-state index contributed by atoms with van der Waals surface area (Å²) in [6.45, 7) is 0.391. The molecule has 3 rings (SSSR count). The second-order valence-electron chi connectivity index (χ2n) is 5.71. The van der Waals surface area contributed by atoms with Crippen LogP contribution in [-0.4, -0.2) is 26.1 Å². The van der Waals surface area contributed by atoms with Crippen molar-refractivity contribution in [2.45, 2.75) is 38.0 Å². The van der Waals surface area contributed by atoms with E-state index in [0.29, 0.717) is 12.5 Å². The molecule has 1 aliphatic rings. The van der Waals surface area contributed by atoms with Gasteiger partial charge in [-0.05, 0) is 36.5 Å². The molecule has 1 saturated carbocycles. The lowest BCUT2D eigenvalue weighted by molar-refractivity contribution is 0.150. The van der Waals surface area contributed by atoms with Crippen LogP contribution in [-0.2, 0) is 13.0 Å². The van der Waals surface area contributed by atoms with E-state index >= 15 is 0 Å². The lowest BCUT2D eigenvalue weighted by Gasteiger charge is -2.11. The number of aliphatic hydroxyl groups is 1. The number of nitrogens with two attached hydrogens (primary N) is 1. The number of aromatic nitrogens is 3. The molecule has 5 nitrogen and oxygen atoms in total. The van der Waals surface area contributed by atoms with Crippen molar-refractivity contribution >= 4 is 15.9 Å². The van der Waals surface area contributed by atoms with Crippen LogP contribution in [0.2, 0.25) is 0 Å². The molecule has 2 unspecified atom stereocenters. The zero-order chi connectivity index (χ0) is 14.8. The van der Waals surface area contributed by atoms with Crippen molar-refractivity contribution in [2.24, 2.45) is 11.7 Å². The summed E-state index contributed by atoms with van der Waals surface area (Å²) in [4.78, 5) is 0. The molecule has 1 heterocycles. The van der Waals surface area contributed by atoms with E-state index in [-0.39, 0.29) is 6.04 Å². The van der Waals surface area contributed by atoms with E-state index in [1.807, 2.05) is 30.5 Å². The highest BCUT2D eigenvalue weighted by Crippen LogP contribution is 2.32. The van der Waals surface area contributed by atoms with E-state index in [9.17, 15) is 5.11 Å². The Morgan fingerprint density at radius 3 is 2.95 bits per heavy atom. The van der Waals surface area contributed by atoms with Gasteiger partial charge in [-0.2, -0.15) is 0 Å². The first-order valence-electron chi connectivity index (χ1n) is 7.20. The van der Waals surface area contributed by atoms with Crippen LogP contribution in [0, 0.1) is 5.92 Å². The number of benzene rings is 1. The van der Waals surface area contributed by atoms with Crippen LogP contribution in [0.3, 0.4) is 0 Å². The molecule has 0 saturated heterocycles. The molecule has 2 aromatic rings. The van der Waals surface area contributed by atoms with Crippen LogP contribution in [0.1, 0.15) is 30.2 Å². The molecular formula is C15H19BrN4O. The van der Waals surface area contributed by atoms with E-state index in [2.05, 4.69) is 26.2 Å². The second-order valence-corrected chi connectivity index (χ2v) is 6.62. The van der Waals surface area contributed by atoms with Gasteiger partial charge < -0.3 is 10.8 Å². The van der Waals surface area contributed by atoms with Crippen molar-refractivity contribution in [3.05, 3.63) is 46.2 Å². The number of aliphatic hydroxyl groups excluding tert-OH is 1. The standard InChI is InChI=1S/C15H19BrN4O/c16-12-3-1-2-11(6-12)15(21)9-20-8-13(18-19-20)7-14(17)10-4-5-10/h1-3,6,8,10,14-15,21H,4-5,7,9,17H2. The van der Waals surface area contributed by atoms with E-state index < -0.39 is 6.10 Å². The minimum absolute atomic E-state index is 0.185. The van der Waals surface area contributed by atoms with Crippen molar-refractivity contribution in [1.29, 1.82) is 0 Å². The van der Waals surface area contributed by atoms with Gasteiger partial charge in [0, 0.05) is 23.1 Å². The first kappa shape index (κ1) is 14.7. The minimum Gasteiger partial charge on any atom is -0.386 e. The Morgan fingerprint density at radius 2 is 2.24 bits per heavy atom.